The standard InChI is InChI=1S/C54H61N7O7/c1-4-35-66-48-41(22-19-38-15-9-29-56-45(38)48)51(63)59-32-12-25-54(44(62)18-7-8-28-55,26-13-33-60-52(64)42-23-20-39-16-10-30-57-46(39)49(42)67-36-5-2)27-14-34-61-53(65)43-24-21-40-17-11-31-58-47(40)50(43)68-37-6-3/h4-6,9-11,15-17,19-24,29-31H,1-3,7-8,12-14,18,25-28,32-37,55H2,(H,59,63)(H,60,64)(H,61,65). The monoisotopic (exact) mass is 919 g/mol. The molecule has 0 saturated carbocycles. The van der Waals surface area contributed by atoms with Crippen molar-refractivity contribution in [2.45, 2.75) is 57.8 Å². The molecule has 0 unspecified atom stereocenters. The molecule has 0 saturated heterocycles. The quantitative estimate of drug-likeness (QED) is 0.0260. The van der Waals surface area contributed by atoms with Gasteiger partial charge in [0.1, 0.15) is 42.2 Å². The fourth-order valence-electron chi connectivity index (χ4n) is 8.42. The van der Waals surface area contributed by atoms with Crippen molar-refractivity contribution in [2.24, 2.45) is 11.1 Å². The van der Waals surface area contributed by atoms with Gasteiger partial charge in [0.25, 0.3) is 17.7 Å². The molecular formula is C54H61N7O7. The van der Waals surface area contributed by atoms with Crippen LogP contribution in [0.25, 0.3) is 32.7 Å². The molecule has 3 aromatic carbocycles. The van der Waals surface area contributed by atoms with E-state index in [4.69, 9.17) is 19.9 Å². The second-order valence-electron chi connectivity index (χ2n) is 16.4. The summed E-state index contributed by atoms with van der Waals surface area (Å²) in [5.74, 6) is 0.193. The Kier molecular flexibility index (Phi) is 18.7. The first-order valence-corrected chi connectivity index (χ1v) is 23.2. The number of unbranched alkanes of at least 4 members (excludes halogenated alkanes) is 1. The van der Waals surface area contributed by atoms with Gasteiger partial charge in [0.05, 0.1) is 16.7 Å². The molecule has 14 heteroatoms. The Hall–Kier alpha value is -7.45. The van der Waals surface area contributed by atoms with E-state index < -0.39 is 5.41 Å². The first kappa shape index (κ1) is 50.0. The highest BCUT2D eigenvalue weighted by Crippen LogP contribution is 2.38. The summed E-state index contributed by atoms with van der Waals surface area (Å²) in [4.78, 5) is 69.3. The van der Waals surface area contributed by atoms with Gasteiger partial charge >= 0.3 is 0 Å². The Labute approximate surface area is 397 Å². The third-order valence-electron chi connectivity index (χ3n) is 11.8. The Bertz CT molecular complexity index is 2460. The third kappa shape index (κ3) is 12.7. The molecule has 0 atom stereocenters. The zero-order valence-electron chi connectivity index (χ0n) is 38.6. The highest BCUT2D eigenvalue weighted by molar-refractivity contribution is 6.04. The molecule has 5 N–H and O–H groups in total. The summed E-state index contributed by atoms with van der Waals surface area (Å²) in [5.41, 5.74) is 7.75. The lowest BCUT2D eigenvalue weighted by molar-refractivity contribution is -0.130. The van der Waals surface area contributed by atoms with Crippen molar-refractivity contribution < 1.29 is 33.4 Å². The van der Waals surface area contributed by atoms with Crippen molar-refractivity contribution in [2.75, 3.05) is 46.0 Å². The zero-order chi connectivity index (χ0) is 48.1. The number of rotatable bonds is 29. The molecule has 6 rings (SSSR count). The number of fused-ring (bicyclic) bond motifs is 3. The largest absolute Gasteiger partial charge is 0.486 e. The topological polar surface area (TPSA) is 197 Å². The summed E-state index contributed by atoms with van der Waals surface area (Å²) in [5, 5.41) is 11.6. The molecule has 0 aliphatic carbocycles. The van der Waals surface area contributed by atoms with Crippen molar-refractivity contribution in [3.8, 4) is 17.2 Å². The van der Waals surface area contributed by atoms with E-state index >= 15 is 0 Å². The number of ketones is 1. The lowest BCUT2D eigenvalue weighted by Crippen LogP contribution is -2.36. The van der Waals surface area contributed by atoms with E-state index in [1.54, 1.807) is 55.0 Å². The van der Waals surface area contributed by atoms with Gasteiger partial charge in [-0.1, -0.05) is 74.4 Å². The number of Topliss-reactive ketones (excluding diaryl/α,β-unsaturated/α-hetero) is 1. The van der Waals surface area contributed by atoms with Gasteiger partial charge in [0.2, 0.25) is 0 Å². The summed E-state index contributed by atoms with van der Waals surface area (Å²) in [7, 11) is 0. The number of nitrogens with two attached hydrogens (primary N) is 1. The fraction of sp³-hybridized carbons (Fsp3) is 0.315. The second kappa shape index (κ2) is 25.5. The summed E-state index contributed by atoms with van der Waals surface area (Å²) >= 11 is 0. The van der Waals surface area contributed by atoms with E-state index in [0.29, 0.717) is 115 Å². The maximum Gasteiger partial charge on any atom is 0.255 e. The van der Waals surface area contributed by atoms with Gasteiger partial charge in [-0.25, -0.2) is 0 Å². The van der Waals surface area contributed by atoms with Crippen molar-refractivity contribution in [1.82, 2.24) is 30.9 Å². The van der Waals surface area contributed by atoms with Crippen LogP contribution >= 0.6 is 0 Å². The fourth-order valence-corrected chi connectivity index (χ4v) is 8.42. The normalized spacial score (nSPS) is 11.2. The van der Waals surface area contributed by atoms with E-state index in [9.17, 15) is 19.2 Å². The number of nitrogens with zero attached hydrogens (tertiary/aromatic N) is 3. The number of ether oxygens (including phenoxy) is 3. The smallest absolute Gasteiger partial charge is 0.255 e. The van der Waals surface area contributed by atoms with Crippen LogP contribution in [0.4, 0.5) is 0 Å². The van der Waals surface area contributed by atoms with E-state index in [2.05, 4.69) is 50.6 Å². The maximum absolute atomic E-state index is 14.6. The molecule has 0 aliphatic rings. The molecule has 0 bridgehead atoms. The number of hydrogen-bond acceptors (Lipinski definition) is 11. The van der Waals surface area contributed by atoms with Crippen LogP contribution < -0.4 is 35.9 Å². The number of amides is 3. The first-order valence-electron chi connectivity index (χ1n) is 23.2. The molecule has 14 nitrogen and oxygen atoms in total. The van der Waals surface area contributed by atoms with E-state index in [1.165, 1.54) is 0 Å². The van der Waals surface area contributed by atoms with Crippen LogP contribution in [0.5, 0.6) is 17.2 Å². The average molecular weight is 920 g/mol. The molecule has 0 fully saturated rings. The van der Waals surface area contributed by atoms with Crippen LogP contribution in [-0.2, 0) is 4.79 Å². The minimum absolute atomic E-state index is 0.0806. The number of hydrogen-bond donors (Lipinski definition) is 4. The summed E-state index contributed by atoms with van der Waals surface area (Å²) in [6.07, 6.45) is 14.2. The molecule has 6 aromatic rings. The van der Waals surface area contributed by atoms with Gasteiger partial charge < -0.3 is 35.9 Å². The molecule has 0 radical (unpaired) electrons. The maximum atomic E-state index is 14.6. The van der Waals surface area contributed by atoms with Gasteiger partial charge in [-0.15, -0.1) is 0 Å². The Morgan fingerprint density at radius 3 is 1.19 bits per heavy atom. The zero-order valence-corrected chi connectivity index (χ0v) is 38.6. The predicted molar refractivity (Wildman–Crippen MR) is 267 cm³/mol. The van der Waals surface area contributed by atoms with Gasteiger partial charge in [-0.05, 0) is 94.3 Å². The Morgan fingerprint density at radius 2 is 0.868 bits per heavy atom. The highest BCUT2D eigenvalue weighted by atomic mass is 16.5. The van der Waals surface area contributed by atoms with Gasteiger partial charge in [-0.2, -0.15) is 0 Å². The number of pyridine rings is 3. The van der Waals surface area contributed by atoms with Gasteiger partial charge in [0, 0.05) is 66.2 Å². The summed E-state index contributed by atoms with van der Waals surface area (Å²) in [6, 6.07) is 21.8. The number of benzene rings is 3. The van der Waals surface area contributed by atoms with Crippen molar-refractivity contribution in [3.63, 3.8) is 0 Å². The second-order valence-corrected chi connectivity index (χ2v) is 16.4. The van der Waals surface area contributed by atoms with E-state index in [0.717, 1.165) is 16.2 Å². The van der Waals surface area contributed by atoms with E-state index in [-0.39, 0.29) is 63.0 Å². The van der Waals surface area contributed by atoms with Crippen LogP contribution in [-0.4, -0.2) is 84.5 Å². The van der Waals surface area contributed by atoms with Crippen LogP contribution in [0.3, 0.4) is 0 Å². The van der Waals surface area contributed by atoms with Crippen LogP contribution in [0.1, 0.15) is 88.9 Å². The number of aromatic nitrogens is 3. The number of carbonyl (C=O) groups is 4. The van der Waals surface area contributed by atoms with Crippen molar-refractivity contribution in [3.05, 3.63) is 146 Å². The molecule has 354 valence electrons. The Balaban J connectivity index is 1.20. The molecule has 3 heterocycles. The average Bonchev–Trinajstić information content (AvgIpc) is 3.37. The lowest BCUT2D eigenvalue weighted by atomic mass is 9.70. The first-order chi connectivity index (χ1) is 33.2. The molecule has 0 aliphatic heterocycles. The summed E-state index contributed by atoms with van der Waals surface area (Å²) in [6.45, 7) is 13.1. The molecule has 3 amide bonds. The SMILES string of the molecule is C=CCOc1c(C(=O)NCCCC(CCCNC(=O)c2ccc3cccnc3c2OCC=C)(CCCNC(=O)c2ccc3cccnc3c2OCC=C)C(=O)CCCCN)ccc2cccnc12. The minimum atomic E-state index is -0.851. The van der Waals surface area contributed by atoms with Gasteiger partial charge in [-0.3, -0.25) is 34.1 Å². The number of nitrogens with one attached hydrogen (secondary N) is 3. The van der Waals surface area contributed by atoms with Crippen molar-refractivity contribution in [1.29, 1.82) is 0 Å². The Morgan fingerprint density at radius 1 is 0.515 bits per heavy atom. The van der Waals surface area contributed by atoms with Crippen LogP contribution in [0.2, 0.25) is 0 Å². The predicted octanol–water partition coefficient (Wildman–Crippen LogP) is 8.64. The van der Waals surface area contributed by atoms with Crippen LogP contribution in [0, 0.1) is 5.41 Å². The molecule has 3 aromatic heterocycles. The van der Waals surface area contributed by atoms with Crippen LogP contribution in [0.15, 0.2) is 129 Å². The molecular weight excluding hydrogens is 859 g/mol. The highest BCUT2D eigenvalue weighted by Gasteiger charge is 2.36. The number of carbonyl (C=O) groups excluding carboxylic acids is 4. The third-order valence-corrected chi connectivity index (χ3v) is 11.8. The molecule has 0 spiro atoms. The summed E-state index contributed by atoms with van der Waals surface area (Å²) < 4.78 is 17.9. The minimum Gasteiger partial charge on any atom is -0.486 e. The van der Waals surface area contributed by atoms with Gasteiger partial charge in [0.15, 0.2) is 17.2 Å². The lowest BCUT2D eigenvalue weighted by Gasteiger charge is -2.33. The van der Waals surface area contributed by atoms with E-state index in [1.807, 2.05) is 54.6 Å². The van der Waals surface area contributed by atoms with Crippen molar-refractivity contribution >= 4 is 56.2 Å². The molecule has 68 heavy (non-hydrogen) atoms.